The third-order valence-electron chi connectivity index (χ3n) is 4.37. The van der Waals surface area contributed by atoms with Crippen LogP contribution >= 0.6 is 11.8 Å². The molecule has 3 rings (SSSR count). The number of aromatic nitrogens is 3. The summed E-state index contributed by atoms with van der Waals surface area (Å²) in [5, 5.41) is 18.6. The van der Waals surface area contributed by atoms with E-state index < -0.39 is 0 Å². The van der Waals surface area contributed by atoms with Gasteiger partial charge in [-0.15, -0.1) is 10.2 Å². The highest BCUT2D eigenvalue weighted by atomic mass is 32.2. The molecule has 0 aliphatic carbocycles. The number of nitrogens with zero attached hydrogens (tertiary/aromatic N) is 4. The van der Waals surface area contributed by atoms with Crippen LogP contribution in [0.15, 0.2) is 59.8 Å². The van der Waals surface area contributed by atoms with Gasteiger partial charge in [-0.1, -0.05) is 87.1 Å². The van der Waals surface area contributed by atoms with Crippen LogP contribution in [0.25, 0.3) is 11.4 Å². The van der Waals surface area contributed by atoms with E-state index in [0.29, 0.717) is 6.54 Å². The van der Waals surface area contributed by atoms with Crippen LogP contribution in [-0.4, -0.2) is 20.0 Å². The maximum absolute atomic E-state index is 9.18. The molecule has 0 radical (unpaired) electrons. The molecule has 0 spiro atoms. The van der Waals surface area contributed by atoms with E-state index in [1.54, 1.807) is 0 Å². The second-order valence-corrected chi connectivity index (χ2v) is 8.90. The van der Waals surface area contributed by atoms with Crippen LogP contribution in [0.2, 0.25) is 0 Å². The molecule has 2 aromatic carbocycles. The van der Waals surface area contributed by atoms with E-state index in [1.807, 2.05) is 25.1 Å². The molecule has 5 heteroatoms. The molecule has 1 heterocycles. The van der Waals surface area contributed by atoms with E-state index in [2.05, 4.69) is 78.0 Å². The van der Waals surface area contributed by atoms with Gasteiger partial charge in [-0.2, -0.15) is 5.26 Å². The first-order valence-electron chi connectivity index (χ1n) is 9.03. The molecule has 3 aromatic rings. The summed E-state index contributed by atoms with van der Waals surface area (Å²) in [6.45, 7) is 9.17. The van der Waals surface area contributed by atoms with Crippen LogP contribution in [0, 0.1) is 11.3 Å². The quantitative estimate of drug-likeness (QED) is 0.567. The Labute approximate surface area is 165 Å². The van der Waals surface area contributed by atoms with Crippen LogP contribution in [0.5, 0.6) is 0 Å². The molecule has 0 amide bonds. The van der Waals surface area contributed by atoms with Crippen LogP contribution in [0.3, 0.4) is 0 Å². The molecule has 0 aliphatic heterocycles. The lowest BCUT2D eigenvalue weighted by molar-refractivity contribution is 0.590. The monoisotopic (exact) mass is 376 g/mol. The van der Waals surface area contributed by atoms with Crippen molar-refractivity contribution in [3.05, 3.63) is 65.7 Å². The standard InChI is InChI=1S/C22H24N4S/c1-16(14-23)27-21-25-24-20(26(21)15-17-8-6-5-7-9-17)18-10-12-19(13-11-18)22(2,3)4/h5-13,16H,15H2,1-4H3/t16-/m0/s1. The van der Waals surface area contributed by atoms with Crippen LogP contribution in [0.1, 0.15) is 38.8 Å². The van der Waals surface area contributed by atoms with Gasteiger partial charge in [-0.05, 0) is 23.5 Å². The highest BCUT2D eigenvalue weighted by molar-refractivity contribution is 8.00. The summed E-state index contributed by atoms with van der Waals surface area (Å²) in [5.41, 5.74) is 3.60. The average molecular weight is 377 g/mol. The van der Waals surface area contributed by atoms with Crippen molar-refractivity contribution in [2.45, 2.75) is 50.1 Å². The highest BCUT2D eigenvalue weighted by Gasteiger charge is 2.18. The van der Waals surface area contributed by atoms with Crippen molar-refractivity contribution < 1.29 is 0 Å². The van der Waals surface area contributed by atoms with Crippen LogP contribution in [-0.2, 0) is 12.0 Å². The maximum atomic E-state index is 9.18. The number of hydrogen-bond donors (Lipinski definition) is 0. The Morgan fingerprint density at radius 1 is 1.04 bits per heavy atom. The van der Waals surface area contributed by atoms with E-state index in [0.717, 1.165) is 16.5 Å². The van der Waals surface area contributed by atoms with Gasteiger partial charge in [0.2, 0.25) is 0 Å². The Kier molecular flexibility index (Phi) is 5.67. The maximum Gasteiger partial charge on any atom is 0.193 e. The minimum atomic E-state index is -0.181. The number of rotatable bonds is 5. The summed E-state index contributed by atoms with van der Waals surface area (Å²) in [6.07, 6.45) is 0. The minimum Gasteiger partial charge on any atom is -0.298 e. The number of hydrogen-bond acceptors (Lipinski definition) is 4. The highest BCUT2D eigenvalue weighted by Crippen LogP contribution is 2.29. The smallest absolute Gasteiger partial charge is 0.193 e. The molecule has 1 atom stereocenters. The molecule has 0 bridgehead atoms. The lowest BCUT2D eigenvalue weighted by Crippen LogP contribution is -2.10. The van der Waals surface area contributed by atoms with Gasteiger partial charge in [0.25, 0.3) is 0 Å². The summed E-state index contributed by atoms with van der Waals surface area (Å²) in [4.78, 5) is 0. The van der Waals surface area contributed by atoms with Gasteiger partial charge in [0, 0.05) is 5.56 Å². The van der Waals surface area contributed by atoms with E-state index >= 15 is 0 Å². The van der Waals surface area contributed by atoms with Crippen molar-refractivity contribution in [1.29, 1.82) is 5.26 Å². The summed E-state index contributed by atoms with van der Waals surface area (Å²) in [7, 11) is 0. The largest absolute Gasteiger partial charge is 0.298 e. The molecule has 0 N–H and O–H groups in total. The van der Waals surface area contributed by atoms with Gasteiger partial charge < -0.3 is 0 Å². The molecule has 0 unspecified atom stereocenters. The molecule has 138 valence electrons. The van der Waals surface area contributed by atoms with Gasteiger partial charge in [-0.3, -0.25) is 4.57 Å². The number of thioether (sulfide) groups is 1. The first-order valence-corrected chi connectivity index (χ1v) is 9.91. The second-order valence-electron chi connectivity index (χ2n) is 7.59. The minimum absolute atomic E-state index is 0.111. The lowest BCUT2D eigenvalue weighted by atomic mass is 9.87. The fraction of sp³-hybridized carbons (Fsp3) is 0.318. The first kappa shape index (κ1) is 19.2. The Hall–Kier alpha value is -2.58. The third-order valence-corrected chi connectivity index (χ3v) is 5.35. The fourth-order valence-corrected chi connectivity index (χ4v) is 3.54. The van der Waals surface area contributed by atoms with Crippen LogP contribution < -0.4 is 0 Å². The first-order chi connectivity index (χ1) is 12.9. The van der Waals surface area contributed by atoms with Crippen molar-refractivity contribution in [3.8, 4) is 17.5 Å². The SMILES string of the molecule is C[C@@H](C#N)Sc1nnc(-c2ccc(C(C)(C)C)cc2)n1Cc1ccccc1. The van der Waals surface area contributed by atoms with Gasteiger partial charge in [0.1, 0.15) is 0 Å². The molecule has 4 nitrogen and oxygen atoms in total. The zero-order chi connectivity index (χ0) is 19.4. The Balaban J connectivity index is 2.00. The fourth-order valence-electron chi connectivity index (χ4n) is 2.80. The Morgan fingerprint density at radius 3 is 2.30 bits per heavy atom. The zero-order valence-electron chi connectivity index (χ0n) is 16.2. The average Bonchev–Trinajstić information content (AvgIpc) is 3.04. The van der Waals surface area contributed by atoms with E-state index in [4.69, 9.17) is 0 Å². The summed E-state index contributed by atoms with van der Waals surface area (Å²) >= 11 is 1.44. The normalized spacial score (nSPS) is 12.6. The van der Waals surface area contributed by atoms with E-state index in [1.165, 1.54) is 22.9 Å². The summed E-state index contributed by atoms with van der Waals surface area (Å²) in [5.74, 6) is 0.826. The topological polar surface area (TPSA) is 54.5 Å². The Bertz CT molecular complexity index is 931. The van der Waals surface area contributed by atoms with Gasteiger partial charge in [-0.25, -0.2) is 0 Å². The summed E-state index contributed by atoms with van der Waals surface area (Å²) in [6, 6.07) is 21.0. The second kappa shape index (κ2) is 7.98. The molecule has 0 saturated carbocycles. The predicted octanol–water partition coefficient (Wildman–Crippen LogP) is 5.30. The predicted molar refractivity (Wildman–Crippen MR) is 111 cm³/mol. The van der Waals surface area contributed by atoms with Crippen molar-refractivity contribution in [3.63, 3.8) is 0 Å². The van der Waals surface area contributed by atoms with Crippen LogP contribution in [0.4, 0.5) is 0 Å². The summed E-state index contributed by atoms with van der Waals surface area (Å²) < 4.78 is 2.10. The van der Waals surface area contributed by atoms with Crippen molar-refractivity contribution in [2.75, 3.05) is 0 Å². The van der Waals surface area contributed by atoms with Crippen molar-refractivity contribution >= 4 is 11.8 Å². The Morgan fingerprint density at radius 2 is 1.70 bits per heavy atom. The molecule has 27 heavy (non-hydrogen) atoms. The number of nitriles is 1. The lowest BCUT2D eigenvalue weighted by Gasteiger charge is -2.19. The van der Waals surface area contributed by atoms with E-state index in [9.17, 15) is 5.26 Å². The molecule has 0 aliphatic rings. The van der Waals surface area contributed by atoms with Crippen molar-refractivity contribution in [2.24, 2.45) is 0 Å². The van der Waals surface area contributed by atoms with Crippen molar-refractivity contribution in [1.82, 2.24) is 14.8 Å². The zero-order valence-corrected chi connectivity index (χ0v) is 17.0. The van der Waals surface area contributed by atoms with E-state index in [-0.39, 0.29) is 10.7 Å². The molecular weight excluding hydrogens is 352 g/mol. The third kappa shape index (κ3) is 4.58. The molecule has 1 aromatic heterocycles. The number of benzene rings is 2. The van der Waals surface area contributed by atoms with Gasteiger partial charge in [0.05, 0.1) is 17.9 Å². The molecular formula is C22H24N4S. The van der Waals surface area contributed by atoms with Gasteiger partial charge in [0.15, 0.2) is 11.0 Å². The van der Waals surface area contributed by atoms with Gasteiger partial charge >= 0.3 is 0 Å². The molecule has 0 saturated heterocycles. The molecule has 0 fully saturated rings.